The number of carbonyl (C=O) groups is 1. The lowest BCUT2D eigenvalue weighted by atomic mass is 9.84. The van der Waals surface area contributed by atoms with Gasteiger partial charge in [0, 0.05) is 5.56 Å². The average Bonchev–Trinajstić information content (AvgIpc) is 2.48. The Balaban J connectivity index is 2.18. The van der Waals surface area contributed by atoms with E-state index in [-0.39, 0.29) is 6.10 Å². The molecule has 1 aliphatic carbocycles. The molecule has 1 aromatic rings. The van der Waals surface area contributed by atoms with Crippen molar-refractivity contribution in [2.75, 3.05) is 0 Å². The number of hydrogen-bond donors (Lipinski definition) is 0. The van der Waals surface area contributed by atoms with E-state index in [0.717, 1.165) is 19.1 Å². The lowest BCUT2D eigenvalue weighted by Gasteiger charge is -2.31. The number of nitrogens with zero attached hydrogens (tertiary/aromatic N) is 1. The molecular formula is C16H19NO2. The lowest BCUT2D eigenvalue weighted by molar-refractivity contribution is 0.0901. The van der Waals surface area contributed by atoms with Crippen LogP contribution in [0.25, 0.3) is 0 Å². The van der Waals surface area contributed by atoms with Gasteiger partial charge < -0.3 is 4.74 Å². The van der Waals surface area contributed by atoms with E-state index < -0.39 is 0 Å². The zero-order valence-electron chi connectivity index (χ0n) is 11.3. The minimum Gasteiger partial charge on any atom is -0.489 e. The molecule has 3 nitrogen and oxygen atoms in total. The van der Waals surface area contributed by atoms with E-state index in [1.165, 1.54) is 19.3 Å². The summed E-state index contributed by atoms with van der Waals surface area (Å²) in [4.78, 5) is 10.7. The fraction of sp³-hybridized carbons (Fsp3) is 0.500. The molecule has 1 aromatic carbocycles. The van der Waals surface area contributed by atoms with Crippen LogP contribution in [0.4, 0.5) is 0 Å². The Morgan fingerprint density at radius 2 is 2.21 bits per heavy atom. The van der Waals surface area contributed by atoms with E-state index >= 15 is 0 Å². The van der Waals surface area contributed by atoms with E-state index in [0.29, 0.717) is 22.8 Å². The molecule has 2 atom stereocenters. The predicted molar refractivity (Wildman–Crippen MR) is 73.2 cm³/mol. The first-order valence-electron chi connectivity index (χ1n) is 6.94. The summed E-state index contributed by atoms with van der Waals surface area (Å²) < 4.78 is 6.04. The Morgan fingerprint density at radius 3 is 2.89 bits per heavy atom. The molecule has 0 N–H and O–H groups in total. The highest BCUT2D eigenvalue weighted by Gasteiger charge is 2.25. The van der Waals surface area contributed by atoms with Crippen LogP contribution >= 0.6 is 0 Å². The largest absolute Gasteiger partial charge is 0.489 e. The van der Waals surface area contributed by atoms with E-state index in [1.54, 1.807) is 18.2 Å². The third kappa shape index (κ3) is 3.14. The predicted octanol–water partition coefficient (Wildman–Crippen LogP) is 3.72. The monoisotopic (exact) mass is 257 g/mol. The van der Waals surface area contributed by atoms with Crippen LogP contribution in [0.1, 0.15) is 54.9 Å². The van der Waals surface area contributed by atoms with Crippen molar-refractivity contribution in [3.8, 4) is 11.8 Å². The SMILES string of the molecule is CCC1CCCCC1Oc1ccc(C=O)cc1C#N. The maximum atomic E-state index is 10.7. The van der Waals surface area contributed by atoms with Gasteiger partial charge >= 0.3 is 0 Å². The van der Waals surface area contributed by atoms with Crippen LogP contribution in [0.5, 0.6) is 5.75 Å². The number of benzene rings is 1. The molecule has 0 aliphatic heterocycles. The van der Waals surface area contributed by atoms with Crippen LogP contribution in [0, 0.1) is 17.2 Å². The molecule has 1 saturated carbocycles. The van der Waals surface area contributed by atoms with Gasteiger partial charge in [-0.15, -0.1) is 0 Å². The molecule has 0 amide bonds. The maximum absolute atomic E-state index is 10.7. The zero-order valence-corrected chi connectivity index (χ0v) is 11.3. The van der Waals surface area contributed by atoms with Crippen LogP contribution in [-0.4, -0.2) is 12.4 Å². The highest BCUT2D eigenvalue weighted by atomic mass is 16.5. The highest BCUT2D eigenvalue weighted by Crippen LogP contribution is 2.31. The second-order valence-electron chi connectivity index (χ2n) is 5.09. The van der Waals surface area contributed by atoms with Crippen LogP contribution in [0.3, 0.4) is 0 Å². The molecule has 3 heteroatoms. The van der Waals surface area contributed by atoms with Crippen molar-refractivity contribution >= 4 is 6.29 Å². The van der Waals surface area contributed by atoms with E-state index in [9.17, 15) is 4.79 Å². The molecule has 0 spiro atoms. The molecule has 1 fully saturated rings. The summed E-state index contributed by atoms with van der Waals surface area (Å²) in [5.41, 5.74) is 0.963. The summed E-state index contributed by atoms with van der Waals surface area (Å²) >= 11 is 0. The van der Waals surface area contributed by atoms with Gasteiger partial charge in [-0.2, -0.15) is 5.26 Å². The molecule has 2 unspecified atom stereocenters. The summed E-state index contributed by atoms with van der Waals surface area (Å²) in [6.07, 6.45) is 6.78. The van der Waals surface area contributed by atoms with Gasteiger partial charge in [0.25, 0.3) is 0 Å². The van der Waals surface area contributed by atoms with Crippen LogP contribution in [0.2, 0.25) is 0 Å². The molecule has 0 aromatic heterocycles. The topological polar surface area (TPSA) is 50.1 Å². The summed E-state index contributed by atoms with van der Waals surface area (Å²) in [5.74, 6) is 1.18. The molecule has 2 rings (SSSR count). The average molecular weight is 257 g/mol. The number of nitriles is 1. The van der Waals surface area contributed by atoms with Crippen molar-refractivity contribution in [2.24, 2.45) is 5.92 Å². The van der Waals surface area contributed by atoms with Crippen molar-refractivity contribution < 1.29 is 9.53 Å². The summed E-state index contributed by atoms with van der Waals surface area (Å²) in [6, 6.07) is 7.14. The standard InChI is InChI=1S/C16H19NO2/c1-2-13-5-3-4-6-15(13)19-16-8-7-12(11-18)9-14(16)10-17/h7-9,11,13,15H,2-6H2,1H3. The van der Waals surface area contributed by atoms with Crippen molar-refractivity contribution in [1.82, 2.24) is 0 Å². The van der Waals surface area contributed by atoms with E-state index in [2.05, 4.69) is 13.0 Å². The molecular weight excluding hydrogens is 238 g/mol. The molecule has 0 heterocycles. The first-order chi connectivity index (χ1) is 9.28. The summed E-state index contributed by atoms with van der Waals surface area (Å²) in [6.45, 7) is 2.19. The van der Waals surface area contributed by atoms with Crippen LogP contribution < -0.4 is 4.74 Å². The van der Waals surface area contributed by atoms with E-state index in [1.807, 2.05) is 0 Å². The van der Waals surface area contributed by atoms with Crippen molar-refractivity contribution in [1.29, 1.82) is 5.26 Å². The fourth-order valence-corrected chi connectivity index (χ4v) is 2.77. The molecule has 100 valence electrons. The number of carbonyl (C=O) groups excluding carboxylic acids is 1. The van der Waals surface area contributed by atoms with Crippen molar-refractivity contribution in [3.05, 3.63) is 29.3 Å². The Kier molecular flexibility index (Phi) is 4.57. The molecule has 0 bridgehead atoms. The Bertz CT molecular complexity index is 490. The zero-order chi connectivity index (χ0) is 13.7. The second-order valence-corrected chi connectivity index (χ2v) is 5.09. The molecule has 0 radical (unpaired) electrons. The van der Waals surface area contributed by atoms with Gasteiger partial charge in [-0.05, 0) is 49.8 Å². The van der Waals surface area contributed by atoms with Gasteiger partial charge in [0.2, 0.25) is 0 Å². The number of hydrogen-bond acceptors (Lipinski definition) is 3. The van der Waals surface area contributed by atoms with Gasteiger partial charge in [0.15, 0.2) is 0 Å². The fourth-order valence-electron chi connectivity index (χ4n) is 2.77. The quantitative estimate of drug-likeness (QED) is 0.772. The third-order valence-electron chi connectivity index (χ3n) is 3.90. The Hall–Kier alpha value is -1.82. The first-order valence-corrected chi connectivity index (χ1v) is 6.94. The van der Waals surface area contributed by atoms with Crippen LogP contribution in [0.15, 0.2) is 18.2 Å². The molecule has 1 aliphatic rings. The number of rotatable bonds is 4. The normalized spacial score (nSPS) is 22.5. The number of aldehydes is 1. The van der Waals surface area contributed by atoms with Crippen molar-refractivity contribution in [3.63, 3.8) is 0 Å². The minimum atomic E-state index is 0.202. The highest BCUT2D eigenvalue weighted by molar-refractivity contribution is 5.76. The summed E-state index contributed by atoms with van der Waals surface area (Å²) in [7, 11) is 0. The van der Waals surface area contributed by atoms with Crippen molar-refractivity contribution in [2.45, 2.75) is 45.1 Å². The lowest BCUT2D eigenvalue weighted by Crippen LogP contribution is -2.30. The first kappa shape index (κ1) is 13.6. The van der Waals surface area contributed by atoms with E-state index in [4.69, 9.17) is 10.00 Å². The maximum Gasteiger partial charge on any atom is 0.150 e. The summed E-state index contributed by atoms with van der Waals surface area (Å²) in [5, 5.41) is 9.15. The van der Waals surface area contributed by atoms with Gasteiger partial charge in [-0.3, -0.25) is 4.79 Å². The number of ether oxygens (including phenoxy) is 1. The van der Waals surface area contributed by atoms with Crippen LogP contribution in [-0.2, 0) is 0 Å². The Morgan fingerprint density at radius 1 is 1.42 bits per heavy atom. The smallest absolute Gasteiger partial charge is 0.150 e. The molecule has 0 saturated heterocycles. The molecule has 19 heavy (non-hydrogen) atoms. The van der Waals surface area contributed by atoms with Gasteiger partial charge in [-0.25, -0.2) is 0 Å². The Labute approximate surface area is 114 Å². The minimum absolute atomic E-state index is 0.202. The second kappa shape index (κ2) is 6.38. The third-order valence-corrected chi connectivity index (χ3v) is 3.90. The van der Waals surface area contributed by atoms with Gasteiger partial charge in [0.1, 0.15) is 24.2 Å². The van der Waals surface area contributed by atoms with Gasteiger partial charge in [0.05, 0.1) is 5.56 Å². The van der Waals surface area contributed by atoms with Gasteiger partial charge in [-0.1, -0.05) is 13.3 Å².